The van der Waals surface area contributed by atoms with Crippen LogP contribution in [0.15, 0.2) is 42.5 Å². The Labute approximate surface area is 163 Å². The summed E-state index contributed by atoms with van der Waals surface area (Å²) in [4.78, 5) is 10.9. The average Bonchev–Trinajstić information content (AvgIpc) is 3.26. The van der Waals surface area contributed by atoms with Gasteiger partial charge in [0.1, 0.15) is 5.82 Å². The van der Waals surface area contributed by atoms with E-state index in [1.165, 1.54) is 22.5 Å². The average molecular weight is 384 g/mol. The molecule has 2 aliphatic rings. The van der Waals surface area contributed by atoms with Gasteiger partial charge in [-0.05, 0) is 42.2 Å². The molecule has 1 atom stereocenters. The van der Waals surface area contributed by atoms with Crippen LogP contribution < -0.4 is 0 Å². The van der Waals surface area contributed by atoms with Gasteiger partial charge >= 0.3 is 0 Å². The lowest BCUT2D eigenvalue weighted by Crippen LogP contribution is -2.39. The first-order valence-corrected chi connectivity index (χ1v) is 9.77. The van der Waals surface area contributed by atoms with Crippen molar-refractivity contribution in [3.05, 3.63) is 75.0 Å². The van der Waals surface area contributed by atoms with E-state index in [2.05, 4.69) is 22.0 Å². The lowest BCUT2D eigenvalue weighted by molar-refractivity contribution is 0.181. The molecule has 0 bridgehead atoms. The fourth-order valence-corrected chi connectivity index (χ4v) is 4.75. The Kier molecular flexibility index (Phi) is 4.04. The molecule has 1 unspecified atom stereocenters. The van der Waals surface area contributed by atoms with Gasteiger partial charge in [0.2, 0.25) is 0 Å². The number of nitrogens with one attached hydrogen (secondary N) is 1. The fourth-order valence-electron chi connectivity index (χ4n) is 4.25. The lowest BCUT2D eigenvalue weighted by Gasteiger charge is -2.31. The Bertz CT molecular complexity index is 979. The van der Waals surface area contributed by atoms with Crippen molar-refractivity contribution in [2.24, 2.45) is 0 Å². The van der Waals surface area contributed by atoms with E-state index in [1.807, 2.05) is 30.3 Å². The van der Waals surface area contributed by atoms with Crippen molar-refractivity contribution in [3.63, 3.8) is 0 Å². The van der Waals surface area contributed by atoms with Gasteiger partial charge in [0.15, 0.2) is 0 Å². The molecular formula is C21H19Cl2N3. The summed E-state index contributed by atoms with van der Waals surface area (Å²) in [6, 6.07) is 14.6. The van der Waals surface area contributed by atoms with Crippen LogP contribution in [-0.2, 0) is 25.8 Å². The maximum absolute atomic E-state index is 6.39. The Morgan fingerprint density at radius 2 is 1.85 bits per heavy atom. The van der Waals surface area contributed by atoms with Crippen LogP contribution >= 0.6 is 23.2 Å². The number of rotatable bonds is 2. The molecule has 5 heteroatoms. The standard InChI is InChI=1S/C21H19Cl2N3/c22-17-6-2-1-5-15(17)21-24-19-8-9-26(12-20(19)25-21)14-10-13-4-3-7-18(23)16(13)11-14/h1-7,14H,8-12H2,(H,24,25). The van der Waals surface area contributed by atoms with Crippen LogP contribution in [0, 0.1) is 0 Å². The third kappa shape index (κ3) is 2.75. The molecule has 3 aromatic rings. The fraction of sp³-hybridized carbons (Fsp3) is 0.286. The molecule has 3 nitrogen and oxygen atoms in total. The van der Waals surface area contributed by atoms with Gasteiger partial charge in [0.25, 0.3) is 0 Å². The molecule has 0 fully saturated rings. The van der Waals surface area contributed by atoms with Gasteiger partial charge in [-0.2, -0.15) is 0 Å². The van der Waals surface area contributed by atoms with Crippen LogP contribution in [-0.4, -0.2) is 27.5 Å². The zero-order valence-corrected chi connectivity index (χ0v) is 15.8. The third-order valence-corrected chi connectivity index (χ3v) is 6.30. The highest BCUT2D eigenvalue weighted by atomic mass is 35.5. The molecule has 1 aliphatic heterocycles. The molecule has 1 N–H and O–H groups in total. The van der Waals surface area contributed by atoms with Crippen LogP contribution in [0.25, 0.3) is 11.4 Å². The summed E-state index contributed by atoms with van der Waals surface area (Å²) >= 11 is 12.7. The predicted octanol–water partition coefficient (Wildman–Crippen LogP) is 4.91. The van der Waals surface area contributed by atoms with Gasteiger partial charge in [-0.25, -0.2) is 4.98 Å². The van der Waals surface area contributed by atoms with E-state index in [1.54, 1.807) is 0 Å². The Hall–Kier alpha value is -1.81. The van der Waals surface area contributed by atoms with Crippen LogP contribution in [0.4, 0.5) is 0 Å². The summed E-state index contributed by atoms with van der Waals surface area (Å²) in [6.07, 6.45) is 3.09. The maximum atomic E-state index is 6.39. The summed E-state index contributed by atoms with van der Waals surface area (Å²) < 4.78 is 0. The Morgan fingerprint density at radius 1 is 1.00 bits per heavy atom. The van der Waals surface area contributed by atoms with Crippen molar-refractivity contribution in [2.75, 3.05) is 6.54 Å². The van der Waals surface area contributed by atoms with E-state index >= 15 is 0 Å². The zero-order chi connectivity index (χ0) is 17.7. The van der Waals surface area contributed by atoms with Gasteiger partial charge in [0.05, 0.1) is 16.4 Å². The molecule has 0 spiro atoms. The largest absolute Gasteiger partial charge is 0.340 e. The van der Waals surface area contributed by atoms with Crippen molar-refractivity contribution in [3.8, 4) is 11.4 Å². The first kappa shape index (κ1) is 16.4. The molecule has 132 valence electrons. The molecule has 0 saturated heterocycles. The number of aromatic nitrogens is 2. The third-order valence-electron chi connectivity index (χ3n) is 5.62. The molecule has 1 aromatic heterocycles. The molecule has 2 heterocycles. The number of hydrogen-bond acceptors (Lipinski definition) is 2. The number of H-pyrrole nitrogens is 1. The molecule has 2 aromatic carbocycles. The molecule has 0 amide bonds. The number of hydrogen-bond donors (Lipinski definition) is 1. The summed E-state index contributed by atoms with van der Waals surface area (Å²) in [5.41, 5.74) is 6.08. The van der Waals surface area contributed by atoms with Crippen molar-refractivity contribution in [1.82, 2.24) is 14.9 Å². The Balaban J connectivity index is 1.38. The molecular weight excluding hydrogens is 365 g/mol. The van der Waals surface area contributed by atoms with Gasteiger partial charge in [-0.3, -0.25) is 4.90 Å². The van der Waals surface area contributed by atoms with Gasteiger partial charge < -0.3 is 4.98 Å². The highest BCUT2D eigenvalue weighted by molar-refractivity contribution is 6.33. The molecule has 26 heavy (non-hydrogen) atoms. The van der Waals surface area contributed by atoms with Crippen molar-refractivity contribution < 1.29 is 0 Å². The normalized spacial score (nSPS) is 19.4. The molecule has 1 aliphatic carbocycles. The zero-order valence-electron chi connectivity index (χ0n) is 14.3. The minimum atomic E-state index is 0.519. The van der Waals surface area contributed by atoms with E-state index in [-0.39, 0.29) is 0 Å². The number of aromatic amines is 1. The topological polar surface area (TPSA) is 31.9 Å². The molecule has 5 rings (SSSR count). The first-order chi connectivity index (χ1) is 12.7. The van der Waals surface area contributed by atoms with Crippen molar-refractivity contribution >= 4 is 23.2 Å². The summed E-state index contributed by atoms with van der Waals surface area (Å²) in [5, 5.41) is 1.64. The summed E-state index contributed by atoms with van der Waals surface area (Å²) in [6.45, 7) is 1.94. The Morgan fingerprint density at radius 3 is 2.69 bits per heavy atom. The van der Waals surface area contributed by atoms with Crippen LogP contribution in [0.2, 0.25) is 10.0 Å². The lowest BCUT2D eigenvalue weighted by atomic mass is 10.1. The number of imidazole rings is 1. The SMILES string of the molecule is Clc1ccccc1-c1nc2c([nH]1)CN(C1Cc3cccc(Cl)c3C1)CC2. The van der Waals surface area contributed by atoms with Crippen molar-refractivity contribution in [2.45, 2.75) is 31.8 Å². The summed E-state index contributed by atoms with van der Waals surface area (Å²) in [5.74, 6) is 0.875. The van der Waals surface area contributed by atoms with Crippen LogP contribution in [0.3, 0.4) is 0 Å². The molecule has 0 saturated carbocycles. The second-order valence-corrected chi connectivity index (χ2v) is 7.96. The van der Waals surface area contributed by atoms with Gasteiger partial charge in [-0.1, -0.05) is 47.5 Å². The minimum absolute atomic E-state index is 0.519. The maximum Gasteiger partial charge on any atom is 0.139 e. The first-order valence-electron chi connectivity index (χ1n) is 9.02. The highest BCUT2D eigenvalue weighted by Crippen LogP contribution is 2.34. The number of fused-ring (bicyclic) bond motifs is 2. The van der Waals surface area contributed by atoms with Crippen LogP contribution in [0.1, 0.15) is 22.5 Å². The number of benzene rings is 2. The van der Waals surface area contributed by atoms with Gasteiger partial charge in [-0.15, -0.1) is 0 Å². The monoisotopic (exact) mass is 383 g/mol. The van der Waals surface area contributed by atoms with E-state index in [0.717, 1.165) is 53.8 Å². The second-order valence-electron chi connectivity index (χ2n) is 7.15. The highest BCUT2D eigenvalue weighted by Gasteiger charge is 2.31. The van der Waals surface area contributed by atoms with Gasteiger partial charge in [0, 0.05) is 36.1 Å². The summed E-state index contributed by atoms with van der Waals surface area (Å²) in [7, 11) is 0. The van der Waals surface area contributed by atoms with E-state index in [4.69, 9.17) is 28.2 Å². The molecule has 0 radical (unpaired) electrons. The second kappa shape index (κ2) is 6.41. The quantitative estimate of drug-likeness (QED) is 0.681. The minimum Gasteiger partial charge on any atom is -0.340 e. The van der Waals surface area contributed by atoms with Crippen molar-refractivity contribution in [1.29, 1.82) is 0 Å². The predicted molar refractivity (Wildman–Crippen MR) is 106 cm³/mol. The van der Waals surface area contributed by atoms with E-state index in [0.29, 0.717) is 6.04 Å². The van der Waals surface area contributed by atoms with E-state index in [9.17, 15) is 0 Å². The number of halogens is 2. The smallest absolute Gasteiger partial charge is 0.139 e. The van der Waals surface area contributed by atoms with Crippen LogP contribution in [0.5, 0.6) is 0 Å². The number of nitrogens with zero attached hydrogens (tertiary/aromatic N) is 2. The van der Waals surface area contributed by atoms with E-state index < -0.39 is 0 Å².